The molecule has 3 aromatic rings. The molecule has 7 heteroatoms. The lowest BCUT2D eigenvalue weighted by Crippen LogP contribution is -2.30. The second-order valence-corrected chi connectivity index (χ2v) is 7.32. The number of amides is 1. The van der Waals surface area contributed by atoms with Crippen LogP contribution in [0.5, 0.6) is 0 Å². The van der Waals surface area contributed by atoms with E-state index in [0.717, 1.165) is 16.7 Å². The Morgan fingerprint density at radius 2 is 2.00 bits per heavy atom. The Morgan fingerprint density at radius 1 is 1.22 bits per heavy atom. The summed E-state index contributed by atoms with van der Waals surface area (Å²) < 4.78 is 0. The van der Waals surface area contributed by atoms with Crippen LogP contribution in [-0.2, 0) is 4.79 Å². The number of hydrogen-bond donors (Lipinski definition) is 2. The van der Waals surface area contributed by atoms with E-state index in [1.807, 2.05) is 43.3 Å². The number of nitrogens with one attached hydrogen (secondary N) is 1. The first kappa shape index (κ1) is 19.1. The van der Waals surface area contributed by atoms with Crippen molar-refractivity contribution in [3.63, 3.8) is 0 Å². The smallest absolute Gasteiger partial charge is 0.305 e. The number of halogens is 1. The first-order chi connectivity index (χ1) is 12.9. The van der Waals surface area contributed by atoms with Gasteiger partial charge in [0.1, 0.15) is 10.7 Å². The Bertz CT molecular complexity index is 987. The van der Waals surface area contributed by atoms with E-state index in [9.17, 15) is 14.7 Å². The highest BCUT2D eigenvalue weighted by Crippen LogP contribution is 2.27. The van der Waals surface area contributed by atoms with Crippen molar-refractivity contribution in [1.82, 2.24) is 10.3 Å². The molecule has 1 atom stereocenters. The molecule has 5 nitrogen and oxygen atoms in total. The van der Waals surface area contributed by atoms with Crippen molar-refractivity contribution in [2.75, 3.05) is 0 Å². The molecule has 2 aromatic carbocycles. The molecule has 0 spiro atoms. The van der Waals surface area contributed by atoms with E-state index >= 15 is 0 Å². The van der Waals surface area contributed by atoms with Gasteiger partial charge in [0.05, 0.1) is 12.5 Å². The van der Waals surface area contributed by atoms with Crippen LogP contribution in [0.25, 0.3) is 10.6 Å². The monoisotopic (exact) mass is 400 g/mol. The first-order valence-corrected chi connectivity index (χ1v) is 9.49. The number of hydrogen-bond acceptors (Lipinski definition) is 4. The van der Waals surface area contributed by atoms with E-state index in [0.29, 0.717) is 10.0 Å². The summed E-state index contributed by atoms with van der Waals surface area (Å²) in [6, 6.07) is 14.0. The molecule has 0 radical (unpaired) electrons. The van der Waals surface area contributed by atoms with Gasteiger partial charge in [-0.25, -0.2) is 4.98 Å². The predicted molar refractivity (Wildman–Crippen MR) is 106 cm³/mol. The fourth-order valence-corrected chi connectivity index (χ4v) is 3.74. The van der Waals surface area contributed by atoms with Crippen molar-refractivity contribution in [2.45, 2.75) is 19.4 Å². The van der Waals surface area contributed by atoms with Gasteiger partial charge in [0, 0.05) is 16.0 Å². The van der Waals surface area contributed by atoms with Crippen molar-refractivity contribution in [1.29, 1.82) is 0 Å². The maximum atomic E-state index is 12.6. The zero-order chi connectivity index (χ0) is 19.4. The Labute approximate surface area is 165 Å². The van der Waals surface area contributed by atoms with E-state index < -0.39 is 17.9 Å². The van der Waals surface area contributed by atoms with E-state index in [-0.39, 0.29) is 12.1 Å². The molecule has 3 rings (SSSR count). The molecule has 2 N–H and O–H groups in total. The maximum Gasteiger partial charge on any atom is 0.305 e. The molecule has 1 amide bonds. The number of benzene rings is 2. The van der Waals surface area contributed by atoms with Crippen molar-refractivity contribution in [3.8, 4) is 10.6 Å². The van der Waals surface area contributed by atoms with Gasteiger partial charge in [-0.2, -0.15) is 0 Å². The second-order valence-electron chi connectivity index (χ2n) is 6.03. The fraction of sp³-hybridized carbons (Fsp3) is 0.150. The first-order valence-electron chi connectivity index (χ1n) is 8.23. The number of thiazole rings is 1. The Morgan fingerprint density at radius 3 is 2.70 bits per heavy atom. The Hall–Kier alpha value is -2.70. The Balaban J connectivity index is 1.82. The van der Waals surface area contributed by atoms with Crippen LogP contribution in [0.4, 0.5) is 0 Å². The Kier molecular flexibility index (Phi) is 5.88. The summed E-state index contributed by atoms with van der Waals surface area (Å²) in [6.45, 7) is 1.89. The zero-order valence-corrected chi connectivity index (χ0v) is 16.1. The average molecular weight is 401 g/mol. The largest absolute Gasteiger partial charge is 0.481 e. The molecular weight excluding hydrogens is 384 g/mol. The van der Waals surface area contributed by atoms with Crippen LogP contribution in [0.1, 0.15) is 34.1 Å². The minimum atomic E-state index is -0.985. The number of aryl methyl sites for hydroxylation is 1. The average Bonchev–Trinajstić information content (AvgIpc) is 3.11. The van der Waals surface area contributed by atoms with Gasteiger partial charge in [0.25, 0.3) is 5.91 Å². The van der Waals surface area contributed by atoms with Crippen molar-refractivity contribution in [3.05, 3.63) is 75.8 Å². The molecule has 0 saturated carbocycles. The highest BCUT2D eigenvalue weighted by molar-refractivity contribution is 7.13. The van der Waals surface area contributed by atoms with E-state index in [2.05, 4.69) is 10.3 Å². The third-order valence-corrected chi connectivity index (χ3v) is 5.18. The standard InChI is InChI=1S/C20H17ClN2O3S/c1-12-5-2-3-8-15(12)16(10-18(24)25)22-19(26)17-11-27-20(23-17)13-6-4-7-14(21)9-13/h2-9,11,16H,10H2,1H3,(H,22,26)(H,24,25)/t16-/m0/s1. The summed E-state index contributed by atoms with van der Waals surface area (Å²) in [7, 11) is 0. The van der Waals surface area contributed by atoms with Gasteiger partial charge < -0.3 is 10.4 Å². The number of aliphatic carboxylic acids is 1. The molecule has 27 heavy (non-hydrogen) atoms. The summed E-state index contributed by atoms with van der Waals surface area (Å²) in [5, 5.41) is 14.9. The molecule has 0 unspecified atom stereocenters. The van der Waals surface area contributed by atoms with Gasteiger partial charge in [-0.15, -0.1) is 11.3 Å². The number of carbonyl (C=O) groups is 2. The van der Waals surface area contributed by atoms with Crippen molar-refractivity contribution in [2.24, 2.45) is 0 Å². The van der Waals surface area contributed by atoms with Crippen LogP contribution in [0.2, 0.25) is 5.02 Å². The number of nitrogens with zero attached hydrogens (tertiary/aromatic N) is 1. The quantitative estimate of drug-likeness (QED) is 0.627. The van der Waals surface area contributed by atoms with Crippen LogP contribution >= 0.6 is 22.9 Å². The molecule has 138 valence electrons. The highest BCUT2D eigenvalue weighted by atomic mass is 35.5. The zero-order valence-electron chi connectivity index (χ0n) is 14.5. The van der Waals surface area contributed by atoms with E-state index in [1.54, 1.807) is 17.5 Å². The molecule has 1 aromatic heterocycles. The summed E-state index contributed by atoms with van der Waals surface area (Å²) in [5.74, 6) is -1.39. The molecule has 0 bridgehead atoms. The lowest BCUT2D eigenvalue weighted by atomic mass is 9.98. The summed E-state index contributed by atoms with van der Waals surface area (Å²) in [6.07, 6.45) is -0.206. The van der Waals surface area contributed by atoms with Crippen molar-refractivity contribution < 1.29 is 14.7 Å². The molecule has 1 heterocycles. The number of carbonyl (C=O) groups excluding carboxylic acids is 1. The third-order valence-electron chi connectivity index (χ3n) is 4.06. The highest BCUT2D eigenvalue weighted by Gasteiger charge is 2.21. The van der Waals surface area contributed by atoms with Crippen LogP contribution in [0, 0.1) is 6.92 Å². The van der Waals surface area contributed by atoms with Gasteiger partial charge in [0.2, 0.25) is 0 Å². The number of carboxylic acid groups (broad SMARTS) is 1. The minimum Gasteiger partial charge on any atom is -0.481 e. The van der Waals surface area contributed by atoms with Crippen molar-refractivity contribution >= 4 is 34.8 Å². The van der Waals surface area contributed by atoms with E-state index in [4.69, 9.17) is 11.6 Å². The van der Waals surface area contributed by atoms with Gasteiger partial charge in [-0.05, 0) is 30.2 Å². The van der Waals surface area contributed by atoms with E-state index in [1.165, 1.54) is 11.3 Å². The minimum absolute atomic E-state index is 0.206. The van der Waals surface area contributed by atoms with Crippen LogP contribution < -0.4 is 5.32 Å². The molecular formula is C20H17ClN2O3S. The topological polar surface area (TPSA) is 79.3 Å². The normalized spacial score (nSPS) is 11.8. The lowest BCUT2D eigenvalue weighted by molar-refractivity contribution is -0.137. The summed E-state index contributed by atoms with van der Waals surface area (Å²) in [4.78, 5) is 28.3. The number of rotatable bonds is 6. The lowest BCUT2D eigenvalue weighted by Gasteiger charge is -2.18. The molecule has 0 aliphatic rings. The summed E-state index contributed by atoms with van der Waals surface area (Å²) >= 11 is 7.34. The fourth-order valence-electron chi connectivity index (χ4n) is 2.76. The SMILES string of the molecule is Cc1ccccc1[C@H](CC(=O)O)NC(=O)c1csc(-c2cccc(Cl)c2)n1. The van der Waals surface area contributed by atoms with Crippen LogP contribution in [-0.4, -0.2) is 22.0 Å². The molecule has 0 fully saturated rings. The molecule has 0 saturated heterocycles. The number of aromatic nitrogens is 1. The third kappa shape index (κ3) is 4.72. The summed E-state index contributed by atoms with van der Waals surface area (Å²) in [5.41, 5.74) is 2.77. The predicted octanol–water partition coefficient (Wildman–Crippen LogP) is 4.72. The van der Waals surface area contributed by atoms with Gasteiger partial charge >= 0.3 is 5.97 Å². The molecule has 0 aliphatic carbocycles. The number of carboxylic acids is 1. The van der Waals surface area contributed by atoms with Crippen LogP contribution in [0.3, 0.4) is 0 Å². The second kappa shape index (κ2) is 8.33. The maximum absolute atomic E-state index is 12.6. The van der Waals surface area contributed by atoms with Gasteiger partial charge in [0.15, 0.2) is 0 Å². The molecule has 0 aliphatic heterocycles. The van der Waals surface area contributed by atoms with Crippen LogP contribution in [0.15, 0.2) is 53.9 Å². The van der Waals surface area contributed by atoms with Gasteiger partial charge in [-0.1, -0.05) is 48.0 Å². The van der Waals surface area contributed by atoms with Gasteiger partial charge in [-0.3, -0.25) is 9.59 Å².